The van der Waals surface area contributed by atoms with E-state index in [1.807, 2.05) is 0 Å². The third kappa shape index (κ3) is 4.70. The Bertz CT molecular complexity index is 849. The molecule has 0 radical (unpaired) electrons. The molecule has 1 amide bonds. The highest BCUT2D eigenvalue weighted by molar-refractivity contribution is 7.91. The molecule has 1 aromatic heterocycles. The fourth-order valence-electron chi connectivity index (χ4n) is 3.93. The molecule has 2 saturated heterocycles. The van der Waals surface area contributed by atoms with Crippen LogP contribution in [0.1, 0.15) is 52.7 Å². The summed E-state index contributed by atoms with van der Waals surface area (Å²) in [6, 6.07) is 2.33. The third-order valence-corrected chi connectivity index (χ3v) is 7.03. The molecular formula is C19H27N3O5S. The van der Waals surface area contributed by atoms with Crippen LogP contribution in [0.2, 0.25) is 0 Å². The molecule has 3 heterocycles. The lowest BCUT2D eigenvalue weighted by molar-refractivity contribution is 0.0524. The summed E-state index contributed by atoms with van der Waals surface area (Å²) >= 11 is 0. The first-order chi connectivity index (χ1) is 13.3. The van der Waals surface area contributed by atoms with E-state index in [9.17, 15) is 18.0 Å². The Labute approximate surface area is 165 Å². The van der Waals surface area contributed by atoms with Crippen molar-refractivity contribution in [2.24, 2.45) is 0 Å². The molecule has 2 aliphatic rings. The molecule has 0 aliphatic carbocycles. The predicted molar refractivity (Wildman–Crippen MR) is 104 cm³/mol. The Morgan fingerprint density at radius 2 is 1.93 bits per heavy atom. The third-order valence-electron chi connectivity index (χ3n) is 5.31. The Morgan fingerprint density at radius 3 is 2.57 bits per heavy atom. The van der Waals surface area contributed by atoms with Crippen LogP contribution in [0.5, 0.6) is 0 Å². The first-order valence-electron chi connectivity index (χ1n) is 9.71. The lowest BCUT2D eigenvalue weighted by atomic mass is 10.0. The van der Waals surface area contributed by atoms with Gasteiger partial charge in [-0.1, -0.05) is 6.42 Å². The lowest BCUT2D eigenvalue weighted by Gasteiger charge is -2.34. The van der Waals surface area contributed by atoms with E-state index in [4.69, 9.17) is 4.74 Å². The summed E-state index contributed by atoms with van der Waals surface area (Å²) in [6.07, 6.45) is 3.25. The van der Waals surface area contributed by atoms with Gasteiger partial charge in [0, 0.05) is 6.04 Å². The average molecular weight is 410 g/mol. The number of esters is 1. The van der Waals surface area contributed by atoms with Gasteiger partial charge < -0.3 is 10.1 Å². The lowest BCUT2D eigenvalue weighted by Crippen LogP contribution is -2.52. The minimum absolute atomic E-state index is 0.0558. The molecule has 2 aliphatic heterocycles. The Kier molecular flexibility index (Phi) is 6.34. The van der Waals surface area contributed by atoms with Gasteiger partial charge in [0.05, 0.1) is 35.4 Å². The quantitative estimate of drug-likeness (QED) is 0.722. The summed E-state index contributed by atoms with van der Waals surface area (Å²) < 4.78 is 29.4. The Morgan fingerprint density at radius 1 is 1.21 bits per heavy atom. The maximum atomic E-state index is 12.7. The number of nitrogens with one attached hydrogen (secondary N) is 1. The second-order valence-electron chi connectivity index (χ2n) is 7.37. The number of aromatic nitrogens is 1. The molecule has 0 saturated carbocycles. The van der Waals surface area contributed by atoms with Crippen molar-refractivity contribution in [3.05, 3.63) is 29.1 Å². The molecule has 8 nitrogen and oxygen atoms in total. The summed E-state index contributed by atoms with van der Waals surface area (Å²) in [7, 11) is -3.19. The number of aryl methyl sites for hydroxylation is 1. The maximum absolute atomic E-state index is 12.7. The van der Waals surface area contributed by atoms with Crippen molar-refractivity contribution in [2.45, 2.75) is 45.2 Å². The van der Waals surface area contributed by atoms with Gasteiger partial charge in [0.2, 0.25) is 0 Å². The number of ether oxygens (including phenoxy) is 1. The minimum Gasteiger partial charge on any atom is -0.462 e. The molecule has 3 rings (SSSR count). The molecule has 28 heavy (non-hydrogen) atoms. The van der Waals surface area contributed by atoms with E-state index in [0.29, 0.717) is 11.3 Å². The molecule has 2 atom stereocenters. The van der Waals surface area contributed by atoms with Crippen molar-refractivity contribution in [3.8, 4) is 0 Å². The van der Waals surface area contributed by atoms with Gasteiger partial charge in [-0.3, -0.25) is 9.69 Å². The Hall–Kier alpha value is -2.00. The van der Waals surface area contributed by atoms with Crippen LogP contribution in [0.4, 0.5) is 0 Å². The van der Waals surface area contributed by atoms with Crippen LogP contribution in [0.25, 0.3) is 0 Å². The van der Waals surface area contributed by atoms with Crippen molar-refractivity contribution >= 4 is 21.7 Å². The fourth-order valence-corrected chi connectivity index (χ4v) is 5.88. The number of likely N-dealkylation sites (tertiary alicyclic amines) is 1. The van der Waals surface area contributed by atoms with Gasteiger partial charge in [-0.25, -0.2) is 18.2 Å². The van der Waals surface area contributed by atoms with Crippen LogP contribution in [0, 0.1) is 6.92 Å². The van der Waals surface area contributed by atoms with Crippen molar-refractivity contribution in [2.75, 3.05) is 31.2 Å². The monoisotopic (exact) mass is 409 g/mol. The van der Waals surface area contributed by atoms with Crippen LogP contribution >= 0.6 is 0 Å². The van der Waals surface area contributed by atoms with Gasteiger partial charge in [-0.2, -0.15) is 0 Å². The van der Waals surface area contributed by atoms with E-state index in [-0.39, 0.29) is 29.8 Å². The van der Waals surface area contributed by atoms with Gasteiger partial charge in [0.25, 0.3) is 5.91 Å². The molecule has 154 valence electrons. The summed E-state index contributed by atoms with van der Waals surface area (Å²) in [5.41, 5.74) is 0.873. The van der Waals surface area contributed by atoms with Crippen LogP contribution in [0.3, 0.4) is 0 Å². The number of nitrogens with zero attached hydrogens (tertiary/aromatic N) is 2. The molecule has 0 bridgehead atoms. The van der Waals surface area contributed by atoms with E-state index >= 15 is 0 Å². The minimum atomic E-state index is -3.19. The zero-order valence-electron chi connectivity index (χ0n) is 16.3. The zero-order valence-corrected chi connectivity index (χ0v) is 17.1. The highest BCUT2D eigenvalue weighted by atomic mass is 32.2. The standard InChI is InChI=1S/C19H27N3O5S/c1-3-27-19(24)14-7-8-15(20-13(14)2)18(23)21-16-11-28(25,26)12-17(16)22-9-5-4-6-10-22/h7-8,16-17H,3-6,9-12H2,1-2H3,(H,21,23). The Balaban J connectivity index is 1.73. The van der Waals surface area contributed by atoms with Gasteiger partial charge in [0.15, 0.2) is 9.84 Å². The number of carbonyl (C=O) groups is 2. The van der Waals surface area contributed by atoms with Crippen molar-refractivity contribution in [3.63, 3.8) is 0 Å². The summed E-state index contributed by atoms with van der Waals surface area (Å²) in [5.74, 6) is -0.888. The second-order valence-corrected chi connectivity index (χ2v) is 9.52. The van der Waals surface area contributed by atoms with Gasteiger partial charge >= 0.3 is 5.97 Å². The van der Waals surface area contributed by atoms with Gasteiger partial charge in [0.1, 0.15) is 5.69 Å². The SMILES string of the molecule is CCOC(=O)c1ccc(C(=O)NC2CS(=O)(=O)CC2N2CCCCC2)nc1C. The van der Waals surface area contributed by atoms with Crippen LogP contribution in [0.15, 0.2) is 12.1 Å². The van der Waals surface area contributed by atoms with Gasteiger partial charge in [-0.15, -0.1) is 0 Å². The smallest absolute Gasteiger partial charge is 0.339 e. The van der Waals surface area contributed by atoms with Crippen molar-refractivity contribution in [1.82, 2.24) is 15.2 Å². The molecule has 9 heteroatoms. The largest absolute Gasteiger partial charge is 0.462 e. The molecule has 1 N–H and O–H groups in total. The molecule has 2 fully saturated rings. The van der Waals surface area contributed by atoms with E-state index in [2.05, 4.69) is 15.2 Å². The second kappa shape index (κ2) is 8.57. The van der Waals surface area contributed by atoms with Crippen LogP contribution < -0.4 is 5.32 Å². The molecule has 0 aromatic carbocycles. The molecule has 0 spiro atoms. The van der Waals surface area contributed by atoms with Crippen molar-refractivity contribution < 1.29 is 22.7 Å². The summed E-state index contributed by atoms with van der Waals surface area (Å²) in [4.78, 5) is 31.0. The average Bonchev–Trinajstić information content (AvgIpc) is 2.96. The highest BCUT2D eigenvalue weighted by Crippen LogP contribution is 2.22. The fraction of sp³-hybridized carbons (Fsp3) is 0.632. The van der Waals surface area contributed by atoms with Crippen LogP contribution in [-0.4, -0.2) is 73.5 Å². The predicted octanol–water partition coefficient (Wildman–Crippen LogP) is 0.948. The van der Waals surface area contributed by atoms with Crippen molar-refractivity contribution in [1.29, 1.82) is 0 Å². The van der Waals surface area contributed by atoms with Crippen LogP contribution in [-0.2, 0) is 14.6 Å². The number of carbonyl (C=O) groups excluding carboxylic acids is 2. The van der Waals surface area contributed by atoms with E-state index in [0.717, 1.165) is 32.4 Å². The normalized spacial score (nSPS) is 24.6. The summed E-state index contributed by atoms with van der Waals surface area (Å²) in [6.45, 7) is 5.33. The van der Waals surface area contributed by atoms with E-state index in [1.165, 1.54) is 12.1 Å². The highest BCUT2D eigenvalue weighted by Gasteiger charge is 2.42. The van der Waals surface area contributed by atoms with E-state index < -0.39 is 27.8 Å². The number of pyridine rings is 1. The number of amides is 1. The molecule has 1 aromatic rings. The molecule has 2 unspecified atom stereocenters. The molecular weight excluding hydrogens is 382 g/mol. The first-order valence-corrected chi connectivity index (χ1v) is 11.5. The topological polar surface area (TPSA) is 106 Å². The number of hydrogen-bond donors (Lipinski definition) is 1. The zero-order chi connectivity index (χ0) is 20.3. The first kappa shape index (κ1) is 20.7. The number of piperidine rings is 1. The van der Waals surface area contributed by atoms with E-state index in [1.54, 1.807) is 13.8 Å². The van der Waals surface area contributed by atoms with Gasteiger partial charge in [-0.05, 0) is 51.9 Å². The number of rotatable bonds is 5. The maximum Gasteiger partial charge on any atom is 0.339 e. The summed E-state index contributed by atoms with van der Waals surface area (Å²) in [5, 5.41) is 2.86. The number of hydrogen-bond acceptors (Lipinski definition) is 7. The number of sulfone groups is 1.